The second kappa shape index (κ2) is 3.17. The predicted octanol–water partition coefficient (Wildman–Crippen LogP) is -3.62. The van der Waals surface area contributed by atoms with Crippen LogP contribution in [0.1, 0.15) is 0 Å². The Morgan fingerprint density at radius 2 is 1.29 bits per heavy atom. The van der Waals surface area contributed by atoms with Gasteiger partial charge >= 0.3 is 0 Å². The van der Waals surface area contributed by atoms with Gasteiger partial charge in [0.1, 0.15) is 13.2 Å². The van der Waals surface area contributed by atoms with Gasteiger partial charge in [0.05, 0.1) is 0 Å². The highest BCUT2D eigenvalue weighted by molar-refractivity contribution is 5.84. The molecule has 0 aromatic rings. The van der Waals surface area contributed by atoms with Crippen LogP contribution in [0, 0.1) is 0 Å². The molecule has 0 aromatic carbocycles. The molecule has 6 N–H and O–H groups in total. The van der Waals surface area contributed by atoms with E-state index in [0.717, 1.165) is 0 Å². The average Bonchev–Trinajstić information content (AvgIpc) is 2.10. The van der Waals surface area contributed by atoms with Crippen LogP contribution >= 0.6 is 0 Å². The fraction of sp³-hybridized carbons (Fsp3) is 0.667. The van der Waals surface area contributed by atoms with E-state index < -0.39 is 36.6 Å². The molecule has 1 heterocycles. The van der Waals surface area contributed by atoms with E-state index in [9.17, 15) is 19.8 Å². The number of amides is 2. The fourth-order valence-electron chi connectivity index (χ4n) is 0.802. The second-order valence-corrected chi connectivity index (χ2v) is 2.87. The first-order valence-corrected chi connectivity index (χ1v) is 3.63. The van der Waals surface area contributed by atoms with Gasteiger partial charge in [-0.3, -0.25) is 9.59 Å². The highest BCUT2D eigenvalue weighted by Crippen LogP contribution is 2.21. The molecule has 1 rings (SSSR count). The predicted molar refractivity (Wildman–Crippen MR) is 40.2 cm³/mol. The first kappa shape index (κ1) is 10.9. The molecule has 2 unspecified atom stereocenters. The van der Waals surface area contributed by atoms with Crippen LogP contribution in [-0.4, -0.2) is 46.8 Å². The number of primary amides is 2. The third-order valence-corrected chi connectivity index (χ3v) is 1.78. The molecule has 2 atom stereocenters. The van der Waals surface area contributed by atoms with E-state index >= 15 is 0 Å². The summed E-state index contributed by atoms with van der Waals surface area (Å²) in [6, 6.07) is 0. The molecule has 2 amide bonds. The summed E-state index contributed by atoms with van der Waals surface area (Å²) < 4.78 is 9.02. The van der Waals surface area contributed by atoms with E-state index in [4.69, 9.17) is 11.5 Å². The summed E-state index contributed by atoms with van der Waals surface area (Å²) in [5.74, 6) is -7.02. The number of rotatable bonds is 2. The monoisotopic (exact) mass is 206 g/mol. The lowest BCUT2D eigenvalue weighted by atomic mass is 10.2. The minimum Gasteiger partial charge on any atom is -0.365 e. The van der Waals surface area contributed by atoms with Gasteiger partial charge in [-0.1, -0.05) is 0 Å². The first-order valence-electron chi connectivity index (χ1n) is 3.63. The van der Waals surface area contributed by atoms with Crippen molar-refractivity contribution in [3.8, 4) is 0 Å². The summed E-state index contributed by atoms with van der Waals surface area (Å²) in [5, 5.41) is 18.6. The van der Waals surface area contributed by atoms with Crippen LogP contribution in [-0.2, 0) is 19.1 Å². The molecule has 0 aliphatic carbocycles. The van der Waals surface area contributed by atoms with Crippen molar-refractivity contribution < 1.29 is 29.3 Å². The van der Waals surface area contributed by atoms with Crippen molar-refractivity contribution in [3.63, 3.8) is 0 Å². The standard InChI is InChI=1S/C6H10N2O6/c7-3(9)5(11)1-13-6(12,2-14-5)4(8)10/h11-12H,1-2H2,(H2,7,9)(H2,8,10). The summed E-state index contributed by atoms with van der Waals surface area (Å²) in [7, 11) is 0. The summed E-state index contributed by atoms with van der Waals surface area (Å²) >= 11 is 0. The molecule has 0 saturated carbocycles. The Morgan fingerprint density at radius 3 is 1.43 bits per heavy atom. The molecule has 0 radical (unpaired) electrons. The highest BCUT2D eigenvalue weighted by atomic mass is 16.7. The number of carbonyl (C=O) groups excluding carboxylic acids is 2. The zero-order valence-electron chi connectivity index (χ0n) is 7.10. The normalized spacial score (nSPS) is 37.9. The number of hydrogen-bond acceptors (Lipinski definition) is 6. The van der Waals surface area contributed by atoms with Gasteiger partial charge in [-0.15, -0.1) is 0 Å². The van der Waals surface area contributed by atoms with E-state index in [0.29, 0.717) is 0 Å². The molecule has 1 saturated heterocycles. The Hall–Kier alpha value is -1.22. The average molecular weight is 206 g/mol. The largest absolute Gasteiger partial charge is 0.365 e. The molecule has 80 valence electrons. The van der Waals surface area contributed by atoms with Crippen molar-refractivity contribution in [3.05, 3.63) is 0 Å². The van der Waals surface area contributed by atoms with E-state index in [1.807, 2.05) is 0 Å². The van der Waals surface area contributed by atoms with Crippen molar-refractivity contribution in [1.82, 2.24) is 0 Å². The van der Waals surface area contributed by atoms with Crippen LogP contribution in [0.2, 0.25) is 0 Å². The van der Waals surface area contributed by atoms with E-state index in [1.54, 1.807) is 0 Å². The van der Waals surface area contributed by atoms with Crippen molar-refractivity contribution in [1.29, 1.82) is 0 Å². The maximum Gasteiger partial charge on any atom is 0.280 e. The molecule has 8 heteroatoms. The van der Waals surface area contributed by atoms with Crippen LogP contribution in [0.3, 0.4) is 0 Å². The van der Waals surface area contributed by atoms with Crippen molar-refractivity contribution in [2.45, 2.75) is 11.6 Å². The second-order valence-electron chi connectivity index (χ2n) is 2.87. The van der Waals surface area contributed by atoms with Gasteiger partial charge in [0.2, 0.25) is 0 Å². The molecule has 0 aromatic heterocycles. The SMILES string of the molecule is NC(=O)C1(O)COC(O)(C(N)=O)CO1. The molecule has 1 aliphatic heterocycles. The van der Waals surface area contributed by atoms with E-state index in [2.05, 4.69) is 9.47 Å². The molecule has 1 fully saturated rings. The first-order chi connectivity index (χ1) is 6.30. The van der Waals surface area contributed by atoms with Crippen LogP contribution in [0.15, 0.2) is 0 Å². The molecular weight excluding hydrogens is 196 g/mol. The molecule has 1 aliphatic rings. The van der Waals surface area contributed by atoms with Gasteiger partial charge in [0.25, 0.3) is 23.4 Å². The zero-order chi connectivity index (χ0) is 11.0. The Kier molecular flexibility index (Phi) is 2.46. The van der Waals surface area contributed by atoms with Gasteiger partial charge in [-0.2, -0.15) is 0 Å². The molecular formula is C6H10N2O6. The number of carbonyl (C=O) groups is 2. The summed E-state index contributed by atoms with van der Waals surface area (Å²) in [6.07, 6.45) is 0. The summed E-state index contributed by atoms with van der Waals surface area (Å²) in [5.41, 5.74) is 9.55. The van der Waals surface area contributed by atoms with E-state index in [-0.39, 0.29) is 0 Å². The van der Waals surface area contributed by atoms with Crippen LogP contribution in [0.4, 0.5) is 0 Å². The Balaban J connectivity index is 2.71. The molecule has 14 heavy (non-hydrogen) atoms. The van der Waals surface area contributed by atoms with Crippen LogP contribution in [0.25, 0.3) is 0 Å². The maximum absolute atomic E-state index is 10.6. The highest BCUT2D eigenvalue weighted by Gasteiger charge is 2.49. The van der Waals surface area contributed by atoms with Crippen molar-refractivity contribution >= 4 is 11.8 Å². The Bertz CT molecular complexity index is 241. The number of aliphatic hydroxyl groups is 2. The lowest BCUT2D eigenvalue weighted by Crippen LogP contribution is -2.63. The lowest BCUT2D eigenvalue weighted by molar-refractivity contribution is -0.336. The maximum atomic E-state index is 10.6. The van der Waals surface area contributed by atoms with Gasteiger partial charge < -0.3 is 31.2 Å². The molecule has 8 nitrogen and oxygen atoms in total. The number of nitrogens with two attached hydrogens (primary N) is 2. The topological polar surface area (TPSA) is 145 Å². The van der Waals surface area contributed by atoms with Crippen molar-refractivity contribution in [2.75, 3.05) is 13.2 Å². The third-order valence-electron chi connectivity index (χ3n) is 1.78. The van der Waals surface area contributed by atoms with Gasteiger partial charge in [-0.05, 0) is 0 Å². The van der Waals surface area contributed by atoms with E-state index in [1.165, 1.54) is 0 Å². The van der Waals surface area contributed by atoms with Crippen LogP contribution < -0.4 is 11.5 Å². The molecule has 0 spiro atoms. The zero-order valence-corrected chi connectivity index (χ0v) is 7.10. The summed E-state index contributed by atoms with van der Waals surface area (Å²) in [6.45, 7) is -1.52. The Morgan fingerprint density at radius 1 is 1.00 bits per heavy atom. The third kappa shape index (κ3) is 1.68. The lowest BCUT2D eigenvalue weighted by Gasteiger charge is -2.36. The Labute approximate surface area is 78.4 Å². The smallest absolute Gasteiger partial charge is 0.280 e. The van der Waals surface area contributed by atoms with Gasteiger partial charge in [-0.25, -0.2) is 0 Å². The van der Waals surface area contributed by atoms with Crippen LogP contribution in [0.5, 0.6) is 0 Å². The minimum atomic E-state index is -2.33. The van der Waals surface area contributed by atoms with Gasteiger partial charge in [0, 0.05) is 0 Å². The molecule has 0 bridgehead atoms. The van der Waals surface area contributed by atoms with Gasteiger partial charge in [0.15, 0.2) is 0 Å². The quantitative estimate of drug-likeness (QED) is 0.367. The van der Waals surface area contributed by atoms with Crippen molar-refractivity contribution in [2.24, 2.45) is 11.5 Å². The number of hydrogen-bond donors (Lipinski definition) is 4. The minimum absolute atomic E-state index is 0.762. The number of ether oxygens (including phenoxy) is 2. The fourth-order valence-corrected chi connectivity index (χ4v) is 0.802. The summed E-state index contributed by atoms with van der Waals surface area (Å²) in [4.78, 5) is 21.3.